The Balaban J connectivity index is 2.13. The van der Waals surface area contributed by atoms with Crippen molar-refractivity contribution < 1.29 is 4.79 Å². The van der Waals surface area contributed by atoms with Crippen molar-refractivity contribution in [2.24, 2.45) is 0 Å². The van der Waals surface area contributed by atoms with Crippen LogP contribution < -0.4 is 5.32 Å². The van der Waals surface area contributed by atoms with Crippen molar-refractivity contribution in [1.82, 2.24) is 9.27 Å². The van der Waals surface area contributed by atoms with Gasteiger partial charge in [0.15, 0.2) is 0 Å². The molecule has 1 aromatic heterocycles. The third-order valence-electron chi connectivity index (χ3n) is 2.28. The van der Waals surface area contributed by atoms with Gasteiger partial charge in [0.2, 0.25) is 5.91 Å². The Bertz CT molecular complexity index is 507. The number of hydrogen-bond donors (Lipinski definition) is 1. The number of fused-ring (bicyclic) bond motifs is 1. The van der Waals surface area contributed by atoms with Crippen LogP contribution in [0.5, 0.6) is 0 Å². The fraction of sp³-hybridized carbons (Fsp3) is 0.273. The number of nitrogens with one attached hydrogen (secondary N) is 1. The first-order valence-electron chi connectivity index (χ1n) is 4.97. The third kappa shape index (κ3) is 2.14. The molecule has 1 N–H and O–H groups in total. The largest absolute Gasteiger partial charge is 0.366 e. The van der Waals surface area contributed by atoms with Crippen LogP contribution >= 0.6 is 11.5 Å². The highest BCUT2D eigenvalue weighted by Crippen LogP contribution is 2.26. The molecule has 0 aliphatic rings. The maximum atomic E-state index is 11.4. The maximum absolute atomic E-state index is 11.4. The first-order chi connectivity index (χ1) is 7.68. The number of benzene rings is 1. The Morgan fingerprint density at radius 1 is 1.44 bits per heavy atom. The molecule has 0 bridgehead atoms. The third-order valence-corrected chi connectivity index (χ3v) is 3.12. The zero-order valence-corrected chi connectivity index (χ0v) is 10.0. The summed E-state index contributed by atoms with van der Waals surface area (Å²) in [6.07, 6.45) is 0. The molecule has 0 saturated heterocycles. The Morgan fingerprint density at radius 2 is 2.19 bits per heavy atom. The van der Waals surface area contributed by atoms with E-state index in [-0.39, 0.29) is 5.91 Å². The van der Waals surface area contributed by atoms with Crippen molar-refractivity contribution in [1.29, 1.82) is 0 Å². The summed E-state index contributed by atoms with van der Waals surface area (Å²) in [5.41, 5.74) is 0.965. The Hall–Kier alpha value is -1.62. The Kier molecular flexibility index (Phi) is 3.05. The summed E-state index contributed by atoms with van der Waals surface area (Å²) < 4.78 is 4.30. The lowest BCUT2D eigenvalue weighted by atomic mass is 10.2. The van der Waals surface area contributed by atoms with Crippen molar-refractivity contribution in [3.8, 4) is 0 Å². The van der Waals surface area contributed by atoms with Gasteiger partial charge in [-0.3, -0.25) is 4.79 Å². The topological polar surface area (TPSA) is 45.2 Å². The number of rotatable bonds is 3. The van der Waals surface area contributed by atoms with Crippen molar-refractivity contribution in [3.05, 3.63) is 24.3 Å². The standard InChI is InChI=1S/C11H13N3OS/c1-14(2)10(15)7-12-11-8-5-3-4-6-9(8)13-16-11/h3-6,12H,7H2,1-2H3. The van der Waals surface area contributed by atoms with Crippen LogP contribution in [0.3, 0.4) is 0 Å². The molecule has 16 heavy (non-hydrogen) atoms. The Labute approximate surface area is 98.0 Å². The van der Waals surface area contributed by atoms with Crippen LogP contribution in [0.4, 0.5) is 5.00 Å². The van der Waals surface area contributed by atoms with Crippen LogP contribution in [0.2, 0.25) is 0 Å². The highest BCUT2D eigenvalue weighted by atomic mass is 32.1. The summed E-state index contributed by atoms with van der Waals surface area (Å²) in [4.78, 5) is 13.0. The molecule has 0 aliphatic heterocycles. The van der Waals surface area contributed by atoms with E-state index in [4.69, 9.17) is 0 Å². The monoisotopic (exact) mass is 235 g/mol. The second-order valence-electron chi connectivity index (χ2n) is 3.67. The number of carbonyl (C=O) groups excluding carboxylic acids is 1. The normalized spacial score (nSPS) is 10.4. The number of hydrogen-bond acceptors (Lipinski definition) is 4. The summed E-state index contributed by atoms with van der Waals surface area (Å²) in [6, 6.07) is 7.89. The molecular weight excluding hydrogens is 222 g/mol. The van der Waals surface area contributed by atoms with E-state index in [9.17, 15) is 4.79 Å². The summed E-state index contributed by atoms with van der Waals surface area (Å²) in [5.74, 6) is 0.0532. The van der Waals surface area contributed by atoms with Gasteiger partial charge < -0.3 is 10.2 Å². The summed E-state index contributed by atoms with van der Waals surface area (Å²) >= 11 is 1.38. The highest BCUT2D eigenvalue weighted by molar-refractivity contribution is 7.11. The van der Waals surface area contributed by atoms with Gasteiger partial charge in [0.25, 0.3) is 0 Å². The second-order valence-corrected chi connectivity index (χ2v) is 4.44. The SMILES string of the molecule is CN(C)C(=O)CNc1snc2ccccc12. The Morgan fingerprint density at radius 3 is 2.94 bits per heavy atom. The van der Waals surface area contributed by atoms with E-state index in [0.29, 0.717) is 6.54 Å². The van der Waals surface area contributed by atoms with Gasteiger partial charge >= 0.3 is 0 Å². The molecule has 84 valence electrons. The molecule has 1 amide bonds. The van der Waals surface area contributed by atoms with Gasteiger partial charge in [-0.1, -0.05) is 12.1 Å². The van der Waals surface area contributed by atoms with Gasteiger partial charge in [-0.25, -0.2) is 0 Å². The number of amides is 1. The van der Waals surface area contributed by atoms with Gasteiger partial charge in [-0.2, -0.15) is 4.37 Å². The predicted molar refractivity (Wildman–Crippen MR) is 66.8 cm³/mol. The van der Waals surface area contributed by atoms with Crippen molar-refractivity contribution in [2.45, 2.75) is 0 Å². The van der Waals surface area contributed by atoms with Crippen LogP contribution in [-0.2, 0) is 4.79 Å². The molecule has 0 unspecified atom stereocenters. The fourth-order valence-corrected chi connectivity index (χ4v) is 2.09. The van der Waals surface area contributed by atoms with E-state index in [2.05, 4.69) is 9.69 Å². The first-order valence-corrected chi connectivity index (χ1v) is 5.74. The zero-order chi connectivity index (χ0) is 11.5. The number of nitrogens with zero attached hydrogens (tertiary/aromatic N) is 2. The maximum Gasteiger partial charge on any atom is 0.241 e. The van der Waals surface area contributed by atoms with Gasteiger partial charge in [0.05, 0.1) is 12.1 Å². The smallest absolute Gasteiger partial charge is 0.241 e. The molecular formula is C11H13N3OS. The second kappa shape index (κ2) is 4.49. The quantitative estimate of drug-likeness (QED) is 0.882. The van der Waals surface area contributed by atoms with Crippen LogP contribution in [-0.4, -0.2) is 35.8 Å². The molecule has 0 spiro atoms. The lowest BCUT2D eigenvalue weighted by Gasteiger charge is -2.10. The molecule has 0 radical (unpaired) electrons. The molecule has 1 aromatic carbocycles. The van der Waals surface area contributed by atoms with Crippen molar-refractivity contribution >= 4 is 33.3 Å². The molecule has 0 fully saturated rings. The van der Waals surface area contributed by atoms with Gasteiger partial charge in [0.1, 0.15) is 5.00 Å². The lowest BCUT2D eigenvalue weighted by Crippen LogP contribution is -2.28. The molecule has 0 saturated carbocycles. The lowest BCUT2D eigenvalue weighted by molar-refractivity contribution is -0.126. The molecule has 4 nitrogen and oxygen atoms in total. The molecule has 0 atom stereocenters. The van der Waals surface area contributed by atoms with Crippen LogP contribution in [0, 0.1) is 0 Å². The van der Waals surface area contributed by atoms with Crippen molar-refractivity contribution in [2.75, 3.05) is 26.0 Å². The van der Waals surface area contributed by atoms with Gasteiger partial charge in [-0.05, 0) is 23.7 Å². The van der Waals surface area contributed by atoms with Crippen LogP contribution in [0.15, 0.2) is 24.3 Å². The number of likely N-dealkylation sites (N-methyl/N-ethyl adjacent to an activating group) is 1. The minimum absolute atomic E-state index is 0.0532. The fourth-order valence-electron chi connectivity index (χ4n) is 1.33. The predicted octanol–water partition coefficient (Wildman–Crippen LogP) is 1.80. The number of carbonyl (C=O) groups is 1. The van der Waals surface area contributed by atoms with Gasteiger partial charge in [-0.15, -0.1) is 0 Å². The van der Waals surface area contributed by atoms with E-state index in [0.717, 1.165) is 15.9 Å². The molecule has 2 rings (SSSR count). The van der Waals surface area contributed by atoms with Crippen LogP contribution in [0.1, 0.15) is 0 Å². The number of aromatic nitrogens is 1. The highest BCUT2D eigenvalue weighted by Gasteiger charge is 2.07. The van der Waals surface area contributed by atoms with Gasteiger partial charge in [0, 0.05) is 19.5 Å². The minimum atomic E-state index is 0.0532. The molecule has 0 aliphatic carbocycles. The summed E-state index contributed by atoms with van der Waals surface area (Å²) in [7, 11) is 3.49. The average Bonchev–Trinajstić information content (AvgIpc) is 2.69. The van der Waals surface area contributed by atoms with Crippen molar-refractivity contribution in [3.63, 3.8) is 0 Å². The van der Waals surface area contributed by atoms with E-state index in [1.807, 2.05) is 24.3 Å². The van der Waals surface area contributed by atoms with E-state index in [1.165, 1.54) is 11.5 Å². The molecule has 2 aromatic rings. The summed E-state index contributed by atoms with van der Waals surface area (Å²) in [5, 5.41) is 5.13. The summed E-state index contributed by atoms with van der Waals surface area (Å²) in [6.45, 7) is 0.305. The van der Waals surface area contributed by atoms with E-state index in [1.54, 1.807) is 19.0 Å². The first kappa shape index (κ1) is 10.9. The molecule has 1 heterocycles. The zero-order valence-electron chi connectivity index (χ0n) is 9.23. The minimum Gasteiger partial charge on any atom is -0.366 e. The van der Waals surface area contributed by atoms with E-state index >= 15 is 0 Å². The number of anilines is 1. The van der Waals surface area contributed by atoms with E-state index < -0.39 is 0 Å². The molecule has 5 heteroatoms. The van der Waals surface area contributed by atoms with Crippen LogP contribution in [0.25, 0.3) is 10.9 Å². The average molecular weight is 235 g/mol.